The highest BCUT2D eigenvalue weighted by molar-refractivity contribution is 5.94. The number of aromatic nitrogens is 3. The number of ether oxygens (including phenoxy) is 1. The van der Waals surface area contributed by atoms with Crippen LogP contribution in [0.25, 0.3) is 5.82 Å². The average molecular weight is 312 g/mol. The predicted octanol–water partition coefficient (Wildman–Crippen LogP) is 1.81. The van der Waals surface area contributed by atoms with Gasteiger partial charge in [0.25, 0.3) is 5.91 Å². The molecule has 23 heavy (non-hydrogen) atoms. The van der Waals surface area contributed by atoms with Crippen LogP contribution in [0.15, 0.2) is 37.1 Å². The molecule has 4 atom stereocenters. The maximum absolute atomic E-state index is 12.6. The summed E-state index contributed by atoms with van der Waals surface area (Å²) in [6.07, 6.45) is 10.6. The van der Waals surface area contributed by atoms with Crippen LogP contribution in [0.4, 0.5) is 0 Å². The number of nitrogens with one attached hydrogen (secondary N) is 1. The van der Waals surface area contributed by atoms with Gasteiger partial charge in [-0.25, -0.2) is 9.97 Å². The second kappa shape index (κ2) is 5.77. The number of carbonyl (C=O) groups excluding carboxylic acids is 1. The number of methoxy groups -OCH3 is 1. The van der Waals surface area contributed by atoms with Crippen molar-refractivity contribution >= 4 is 5.91 Å². The Morgan fingerprint density at radius 3 is 3.00 bits per heavy atom. The summed E-state index contributed by atoms with van der Waals surface area (Å²) >= 11 is 0. The molecule has 0 saturated heterocycles. The van der Waals surface area contributed by atoms with Crippen molar-refractivity contribution < 1.29 is 9.53 Å². The van der Waals surface area contributed by atoms with E-state index in [0.29, 0.717) is 23.2 Å². The van der Waals surface area contributed by atoms with Crippen LogP contribution in [0.3, 0.4) is 0 Å². The summed E-state index contributed by atoms with van der Waals surface area (Å²) in [5.41, 5.74) is 0.611. The zero-order valence-electron chi connectivity index (χ0n) is 13.1. The Hall–Kier alpha value is -2.21. The van der Waals surface area contributed by atoms with Gasteiger partial charge in [-0.1, -0.05) is 6.42 Å². The summed E-state index contributed by atoms with van der Waals surface area (Å²) in [5.74, 6) is 1.81. The highest BCUT2D eigenvalue weighted by atomic mass is 16.5. The van der Waals surface area contributed by atoms with E-state index in [0.717, 1.165) is 0 Å². The van der Waals surface area contributed by atoms with Crippen LogP contribution in [-0.2, 0) is 4.74 Å². The summed E-state index contributed by atoms with van der Waals surface area (Å²) in [4.78, 5) is 20.9. The van der Waals surface area contributed by atoms with Crippen molar-refractivity contribution in [3.05, 3.63) is 42.6 Å². The number of amides is 1. The number of nitrogens with zero attached hydrogens (tertiary/aromatic N) is 3. The first kappa shape index (κ1) is 14.4. The molecule has 2 aromatic heterocycles. The molecule has 2 fully saturated rings. The van der Waals surface area contributed by atoms with E-state index in [1.54, 1.807) is 48.7 Å². The highest BCUT2D eigenvalue weighted by Crippen LogP contribution is 2.48. The molecule has 0 bridgehead atoms. The third-order valence-corrected chi connectivity index (χ3v) is 5.21. The van der Waals surface area contributed by atoms with Gasteiger partial charge in [-0.05, 0) is 36.8 Å². The Labute approximate surface area is 134 Å². The maximum Gasteiger partial charge on any atom is 0.251 e. The molecule has 2 aliphatic carbocycles. The van der Waals surface area contributed by atoms with Gasteiger partial charge in [0.05, 0.1) is 12.1 Å². The Morgan fingerprint density at radius 1 is 1.35 bits per heavy atom. The fourth-order valence-electron chi connectivity index (χ4n) is 4.08. The minimum atomic E-state index is -0.0637. The molecule has 6 nitrogen and oxygen atoms in total. The van der Waals surface area contributed by atoms with Crippen LogP contribution >= 0.6 is 0 Å². The Morgan fingerprint density at radius 2 is 2.22 bits per heavy atom. The molecular formula is C17H20N4O2. The first-order valence-electron chi connectivity index (χ1n) is 8.06. The third-order valence-electron chi connectivity index (χ3n) is 5.21. The van der Waals surface area contributed by atoms with Gasteiger partial charge in [0.1, 0.15) is 12.1 Å². The summed E-state index contributed by atoms with van der Waals surface area (Å²) in [6, 6.07) is 3.65. The number of carbonyl (C=O) groups is 1. The van der Waals surface area contributed by atoms with Crippen molar-refractivity contribution in [2.45, 2.75) is 31.4 Å². The summed E-state index contributed by atoms with van der Waals surface area (Å²) in [5, 5.41) is 3.16. The van der Waals surface area contributed by atoms with E-state index in [-0.39, 0.29) is 18.1 Å². The van der Waals surface area contributed by atoms with Crippen molar-refractivity contribution in [1.82, 2.24) is 19.9 Å². The molecule has 4 unspecified atom stereocenters. The molecule has 6 heteroatoms. The molecule has 0 aromatic carbocycles. The summed E-state index contributed by atoms with van der Waals surface area (Å²) < 4.78 is 7.38. The quantitative estimate of drug-likeness (QED) is 0.935. The highest BCUT2D eigenvalue weighted by Gasteiger charge is 2.53. The number of imidazole rings is 1. The molecule has 2 aliphatic rings. The van der Waals surface area contributed by atoms with Gasteiger partial charge in [-0.3, -0.25) is 9.36 Å². The molecule has 0 spiro atoms. The predicted molar refractivity (Wildman–Crippen MR) is 84.2 cm³/mol. The normalized spacial score (nSPS) is 28.9. The fourth-order valence-corrected chi connectivity index (χ4v) is 4.08. The minimum absolute atomic E-state index is 0.0637. The van der Waals surface area contributed by atoms with Crippen molar-refractivity contribution in [2.24, 2.45) is 11.8 Å². The largest absolute Gasteiger partial charge is 0.379 e. The van der Waals surface area contributed by atoms with E-state index in [2.05, 4.69) is 15.3 Å². The van der Waals surface area contributed by atoms with Crippen LogP contribution < -0.4 is 5.32 Å². The lowest BCUT2D eigenvalue weighted by Crippen LogP contribution is -2.62. The van der Waals surface area contributed by atoms with Gasteiger partial charge >= 0.3 is 0 Å². The van der Waals surface area contributed by atoms with Crippen molar-refractivity contribution in [2.75, 3.05) is 7.11 Å². The monoisotopic (exact) mass is 312 g/mol. The molecule has 2 saturated carbocycles. The minimum Gasteiger partial charge on any atom is -0.379 e. The second-order valence-electron chi connectivity index (χ2n) is 6.33. The molecule has 4 rings (SSSR count). The number of fused-ring (bicyclic) bond motifs is 1. The first-order chi connectivity index (χ1) is 11.3. The molecule has 2 heterocycles. The summed E-state index contributed by atoms with van der Waals surface area (Å²) in [6.45, 7) is 0. The number of hydrogen-bond donors (Lipinski definition) is 1. The molecule has 1 amide bonds. The zero-order chi connectivity index (χ0) is 15.8. The fraction of sp³-hybridized carbons (Fsp3) is 0.471. The third kappa shape index (κ3) is 2.43. The van der Waals surface area contributed by atoms with Crippen LogP contribution in [0.1, 0.15) is 29.6 Å². The molecule has 0 radical (unpaired) electrons. The average Bonchev–Trinajstić information content (AvgIpc) is 3.23. The Bertz CT molecular complexity index is 700. The standard InChI is InChI=1S/C17H20N4O2/c1-23-16-13-4-2-3-12(13)15(16)20-17(22)11-5-6-19-14(9-11)21-8-7-18-10-21/h5-10,12-13,15-16H,2-4H2,1H3,(H,20,22). The summed E-state index contributed by atoms with van der Waals surface area (Å²) in [7, 11) is 1.74. The first-order valence-corrected chi connectivity index (χ1v) is 8.06. The van der Waals surface area contributed by atoms with E-state index >= 15 is 0 Å². The molecule has 2 aromatic rings. The molecule has 0 aliphatic heterocycles. The van der Waals surface area contributed by atoms with Crippen LogP contribution in [0, 0.1) is 11.8 Å². The molecule has 120 valence electrons. The van der Waals surface area contributed by atoms with Crippen molar-refractivity contribution in [3.63, 3.8) is 0 Å². The Balaban J connectivity index is 1.50. The Kier molecular flexibility index (Phi) is 3.61. The second-order valence-corrected chi connectivity index (χ2v) is 6.33. The lowest BCUT2D eigenvalue weighted by molar-refractivity contribution is -0.0791. The van der Waals surface area contributed by atoms with Gasteiger partial charge in [0.15, 0.2) is 0 Å². The number of rotatable bonds is 4. The van der Waals surface area contributed by atoms with Crippen LogP contribution in [0.2, 0.25) is 0 Å². The van der Waals surface area contributed by atoms with Gasteiger partial charge in [0.2, 0.25) is 0 Å². The number of pyridine rings is 1. The maximum atomic E-state index is 12.6. The van der Waals surface area contributed by atoms with Gasteiger partial charge < -0.3 is 10.1 Å². The molecular weight excluding hydrogens is 292 g/mol. The van der Waals surface area contributed by atoms with Gasteiger partial charge in [0, 0.05) is 31.3 Å². The van der Waals surface area contributed by atoms with Gasteiger partial charge in [-0.15, -0.1) is 0 Å². The van der Waals surface area contributed by atoms with Crippen LogP contribution in [-0.4, -0.2) is 39.7 Å². The zero-order valence-corrected chi connectivity index (χ0v) is 13.1. The van der Waals surface area contributed by atoms with Crippen molar-refractivity contribution in [1.29, 1.82) is 0 Å². The van der Waals surface area contributed by atoms with E-state index in [1.807, 2.05) is 0 Å². The molecule has 1 N–H and O–H groups in total. The topological polar surface area (TPSA) is 69.0 Å². The van der Waals surface area contributed by atoms with E-state index in [1.165, 1.54) is 19.3 Å². The van der Waals surface area contributed by atoms with E-state index < -0.39 is 0 Å². The number of hydrogen-bond acceptors (Lipinski definition) is 4. The van der Waals surface area contributed by atoms with E-state index in [4.69, 9.17) is 4.74 Å². The van der Waals surface area contributed by atoms with Gasteiger partial charge in [-0.2, -0.15) is 0 Å². The van der Waals surface area contributed by atoms with Crippen LogP contribution in [0.5, 0.6) is 0 Å². The smallest absolute Gasteiger partial charge is 0.251 e. The van der Waals surface area contributed by atoms with E-state index in [9.17, 15) is 4.79 Å². The lowest BCUT2D eigenvalue weighted by Gasteiger charge is -2.48. The van der Waals surface area contributed by atoms with Crippen molar-refractivity contribution in [3.8, 4) is 5.82 Å². The lowest BCUT2D eigenvalue weighted by atomic mass is 9.68. The SMILES string of the molecule is COC1C2CCCC2C1NC(=O)c1ccnc(-n2ccnc2)c1.